The highest BCUT2D eigenvalue weighted by Crippen LogP contribution is 2.31. The van der Waals surface area contributed by atoms with Crippen LogP contribution in [0.4, 0.5) is 5.82 Å². The van der Waals surface area contributed by atoms with Crippen LogP contribution >= 0.6 is 33.9 Å². The topological polar surface area (TPSA) is 37.8 Å². The normalized spacial score (nSPS) is 11.1. The summed E-state index contributed by atoms with van der Waals surface area (Å²) in [4.78, 5) is 12.1. The molecule has 0 saturated carbocycles. The van der Waals surface area contributed by atoms with Crippen molar-refractivity contribution in [3.63, 3.8) is 0 Å². The third-order valence-corrected chi connectivity index (χ3v) is 5.49. The monoisotopic (exact) mass is 415 g/mol. The molecule has 0 amide bonds. The van der Waals surface area contributed by atoms with Crippen molar-refractivity contribution in [3.05, 3.63) is 26.3 Å². The first kappa shape index (κ1) is 16.7. The van der Waals surface area contributed by atoms with Crippen molar-refractivity contribution < 1.29 is 0 Å². The minimum Gasteiger partial charge on any atom is -0.369 e. The van der Waals surface area contributed by atoms with E-state index >= 15 is 0 Å². The molecule has 0 unspecified atom stereocenters. The molecule has 1 N–H and O–H groups in total. The van der Waals surface area contributed by atoms with E-state index in [0.29, 0.717) is 5.92 Å². The molecule has 0 atom stereocenters. The van der Waals surface area contributed by atoms with Crippen molar-refractivity contribution in [1.29, 1.82) is 0 Å². The van der Waals surface area contributed by atoms with E-state index in [0.717, 1.165) is 45.2 Å². The van der Waals surface area contributed by atoms with Crippen molar-refractivity contribution in [3.8, 4) is 10.7 Å². The maximum atomic E-state index is 4.81. The summed E-state index contributed by atoms with van der Waals surface area (Å²) in [6, 6.07) is 4.31. The average molecular weight is 415 g/mol. The molecule has 2 aromatic heterocycles. The number of nitrogens with zero attached hydrogens (tertiary/aromatic N) is 2. The van der Waals surface area contributed by atoms with Gasteiger partial charge in [0.15, 0.2) is 5.82 Å². The summed E-state index contributed by atoms with van der Waals surface area (Å²) in [5.41, 5.74) is 1.13. The summed E-state index contributed by atoms with van der Waals surface area (Å²) in [5, 5.41) is 3.43. The van der Waals surface area contributed by atoms with Gasteiger partial charge >= 0.3 is 0 Å². The Morgan fingerprint density at radius 3 is 2.57 bits per heavy atom. The molecule has 0 fully saturated rings. The zero-order chi connectivity index (χ0) is 15.4. The quantitative estimate of drug-likeness (QED) is 0.650. The minimum absolute atomic E-state index is 0.395. The van der Waals surface area contributed by atoms with Crippen molar-refractivity contribution >= 4 is 39.7 Å². The fourth-order valence-electron chi connectivity index (χ4n) is 2.01. The van der Waals surface area contributed by atoms with Gasteiger partial charge in [0.25, 0.3) is 0 Å². The second kappa shape index (κ2) is 7.54. The van der Waals surface area contributed by atoms with Gasteiger partial charge in [-0.25, -0.2) is 9.97 Å². The van der Waals surface area contributed by atoms with Gasteiger partial charge < -0.3 is 5.32 Å². The average Bonchev–Trinajstić information content (AvgIpc) is 2.94. The van der Waals surface area contributed by atoms with Crippen molar-refractivity contribution in [2.24, 2.45) is 0 Å². The highest BCUT2D eigenvalue weighted by molar-refractivity contribution is 14.1. The zero-order valence-corrected chi connectivity index (χ0v) is 16.0. The summed E-state index contributed by atoms with van der Waals surface area (Å²) < 4.78 is 1.15. The molecule has 0 aliphatic heterocycles. The van der Waals surface area contributed by atoms with E-state index in [1.165, 1.54) is 4.88 Å². The van der Waals surface area contributed by atoms with E-state index < -0.39 is 0 Å². The standard InChI is InChI=1S/C16H22IN3S/c1-5-9-18-16-13(17)14(10(3)4)19-15(20-16)12-8-7-11(6-2)21-12/h7-8,10H,5-6,9H2,1-4H3,(H,18,19,20). The number of halogens is 1. The predicted molar refractivity (Wildman–Crippen MR) is 100 cm³/mol. The van der Waals surface area contributed by atoms with E-state index in [1.807, 2.05) is 0 Å². The fraction of sp³-hybridized carbons (Fsp3) is 0.500. The number of nitrogens with one attached hydrogen (secondary N) is 1. The van der Waals surface area contributed by atoms with E-state index in [4.69, 9.17) is 9.97 Å². The van der Waals surface area contributed by atoms with Crippen LogP contribution in [0, 0.1) is 3.57 Å². The second-order valence-electron chi connectivity index (χ2n) is 5.30. The number of rotatable bonds is 6. The Kier molecular flexibility index (Phi) is 5.98. The third-order valence-electron chi connectivity index (χ3n) is 3.20. The van der Waals surface area contributed by atoms with Gasteiger partial charge in [-0.15, -0.1) is 11.3 Å². The minimum atomic E-state index is 0.395. The maximum absolute atomic E-state index is 4.81. The highest BCUT2D eigenvalue weighted by atomic mass is 127. The van der Waals surface area contributed by atoms with Gasteiger partial charge in [-0.3, -0.25) is 0 Å². The lowest BCUT2D eigenvalue weighted by atomic mass is 10.1. The van der Waals surface area contributed by atoms with Crippen LogP contribution in [0.15, 0.2) is 12.1 Å². The van der Waals surface area contributed by atoms with Gasteiger partial charge in [0.05, 0.1) is 14.1 Å². The Labute approximate surface area is 144 Å². The molecule has 2 rings (SSSR count). The summed E-state index contributed by atoms with van der Waals surface area (Å²) in [6.45, 7) is 9.65. The Morgan fingerprint density at radius 2 is 2.00 bits per heavy atom. The number of hydrogen-bond donors (Lipinski definition) is 1. The van der Waals surface area contributed by atoms with E-state index in [1.54, 1.807) is 11.3 Å². The van der Waals surface area contributed by atoms with Gasteiger partial charge in [0, 0.05) is 11.4 Å². The molecule has 21 heavy (non-hydrogen) atoms. The number of hydrogen-bond acceptors (Lipinski definition) is 4. The van der Waals surface area contributed by atoms with Crippen molar-refractivity contribution in [2.45, 2.75) is 46.5 Å². The lowest BCUT2D eigenvalue weighted by molar-refractivity contribution is 0.808. The summed E-state index contributed by atoms with van der Waals surface area (Å²) in [6.07, 6.45) is 2.15. The molecule has 0 radical (unpaired) electrons. The van der Waals surface area contributed by atoms with Crippen LogP contribution in [-0.4, -0.2) is 16.5 Å². The second-order valence-corrected chi connectivity index (χ2v) is 7.54. The molecule has 0 spiro atoms. The summed E-state index contributed by atoms with van der Waals surface area (Å²) in [7, 11) is 0. The molecule has 0 saturated heterocycles. The highest BCUT2D eigenvalue weighted by Gasteiger charge is 2.16. The fourth-order valence-corrected chi connectivity index (χ4v) is 3.94. The molecule has 0 aliphatic carbocycles. The predicted octanol–water partition coefficient (Wildman–Crippen LogP) is 5.32. The van der Waals surface area contributed by atoms with Crippen LogP contribution in [0.1, 0.15) is 50.6 Å². The Balaban J connectivity index is 2.47. The molecule has 0 aromatic carbocycles. The van der Waals surface area contributed by atoms with Crippen LogP contribution in [0.2, 0.25) is 0 Å². The number of aryl methyl sites for hydroxylation is 1. The Morgan fingerprint density at radius 1 is 1.24 bits per heavy atom. The van der Waals surface area contributed by atoms with Crippen LogP contribution in [0.3, 0.4) is 0 Å². The van der Waals surface area contributed by atoms with Gasteiger partial charge in [-0.05, 0) is 53.5 Å². The SMILES string of the molecule is CCCNc1nc(-c2ccc(CC)s2)nc(C(C)C)c1I. The van der Waals surface area contributed by atoms with E-state index in [-0.39, 0.29) is 0 Å². The van der Waals surface area contributed by atoms with Crippen LogP contribution in [-0.2, 0) is 6.42 Å². The molecule has 5 heteroatoms. The number of anilines is 1. The third kappa shape index (κ3) is 3.94. The van der Waals surface area contributed by atoms with Crippen molar-refractivity contribution in [2.75, 3.05) is 11.9 Å². The lowest BCUT2D eigenvalue weighted by Gasteiger charge is -2.14. The number of thiophene rings is 1. The van der Waals surface area contributed by atoms with E-state index in [9.17, 15) is 0 Å². The Hall–Kier alpha value is -0.690. The maximum Gasteiger partial charge on any atom is 0.171 e. The molecular weight excluding hydrogens is 393 g/mol. The zero-order valence-electron chi connectivity index (χ0n) is 13.0. The summed E-state index contributed by atoms with van der Waals surface area (Å²) in [5.74, 6) is 2.21. The molecular formula is C16H22IN3S. The van der Waals surface area contributed by atoms with E-state index in [2.05, 4.69) is 67.7 Å². The van der Waals surface area contributed by atoms with Crippen LogP contribution < -0.4 is 5.32 Å². The first-order chi connectivity index (χ1) is 10.1. The van der Waals surface area contributed by atoms with Crippen LogP contribution in [0.5, 0.6) is 0 Å². The van der Waals surface area contributed by atoms with Crippen molar-refractivity contribution in [1.82, 2.24) is 9.97 Å². The molecule has 3 nitrogen and oxygen atoms in total. The van der Waals surface area contributed by atoms with Crippen LogP contribution in [0.25, 0.3) is 10.7 Å². The summed E-state index contributed by atoms with van der Waals surface area (Å²) >= 11 is 4.15. The Bertz CT molecular complexity index is 608. The molecule has 2 aromatic rings. The first-order valence-corrected chi connectivity index (χ1v) is 9.36. The lowest BCUT2D eigenvalue weighted by Crippen LogP contribution is -2.09. The van der Waals surface area contributed by atoms with Gasteiger partial charge in [0.1, 0.15) is 5.82 Å². The molecule has 0 bridgehead atoms. The molecule has 114 valence electrons. The molecule has 0 aliphatic rings. The first-order valence-electron chi connectivity index (χ1n) is 7.47. The number of aromatic nitrogens is 2. The smallest absolute Gasteiger partial charge is 0.171 e. The van der Waals surface area contributed by atoms with Gasteiger partial charge in [-0.2, -0.15) is 0 Å². The largest absolute Gasteiger partial charge is 0.369 e. The van der Waals surface area contributed by atoms with Gasteiger partial charge in [0.2, 0.25) is 0 Å². The molecule has 2 heterocycles. The van der Waals surface area contributed by atoms with Gasteiger partial charge in [-0.1, -0.05) is 27.7 Å².